The molecule has 7 nitrogen and oxygen atoms in total. The third kappa shape index (κ3) is 7.74. The quantitative estimate of drug-likeness (QED) is 0.699. The molecular weight excluding hydrogens is 334 g/mol. The van der Waals surface area contributed by atoms with Crippen molar-refractivity contribution in [2.45, 2.75) is 70.7 Å². The van der Waals surface area contributed by atoms with Crippen LogP contribution in [0.3, 0.4) is 0 Å². The summed E-state index contributed by atoms with van der Waals surface area (Å²) in [6.45, 7) is 5.73. The normalized spacial score (nSPS) is 20.1. The van der Waals surface area contributed by atoms with E-state index in [0.29, 0.717) is 0 Å². The summed E-state index contributed by atoms with van der Waals surface area (Å²) in [4.78, 5) is 23.5. The first-order valence-electron chi connectivity index (χ1n) is 9.03. The topological polar surface area (TPSA) is 88.7 Å². The van der Waals surface area contributed by atoms with Crippen molar-refractivity contribution in [3.63, 3.8) is 0 Å². The summed E-state index contributed by atoms with van der Waals surface area (Å²) in [5.41, 5.74) is 6.02. The maximum absolute atomic E-state index is 11.9. The van der Waals surface area contributed by atoms with Crippen molar-refractivity contribution in [3.8, 4) is 0 Å². The van der Waals surface area contributed by atoms with Crippen LogP contribution in [0.5, 0.6) is 0 Å². The van der Waals surface area contributed by atoms with Gasteiger partial charge in [0, 0.05) is 12.1 Å². The molecule has 0 spiro atoms. The van der Waals surface area contributed by atoms with Crippen molar-refractivity contribution in [1.29, 1.82) is 0 Å². The van der Waals surface area contributed by atoms with Gasteiger partial charge >= 0.3 is 12.2 Å². The molecule has 0 atom stereocenters. The van der Waals surface area contributed by atoms with Crippen LogP contribution in [-0.2, 0) is 16.1 Å². The van der Waals surface area contributed by atoms with Crippen molar-refractivity contribution >= 4 is 12.2 Å². The summed E-state index contributed by atoms with van der Waals surface area (Å²) in [5.74, 6) is 0. The molecule has 2 amide bonds. The van der Waals surface area contributed by atoms with E-state index >= 15 is 0 Å². The molecule has 0 aliphatic heterocycles. The van der Waals surface area contributed by atoms with Crippen molar-refractivity contribution in [2.75, 3.05) is 0 Å². The Hall–Kier alpha value is -2.28. The Kier molecular flexibility index (Phi) is 7.26. The average Bonchev–Trinajstić information content (AvgIpc) is 2.59. The number of amides is 2. The van der Waals surface area contributed by atoms with Crippen LogP contribution < -0.4 is 16.2 Å². The van der Waals surface area contributed by atoms with Crippen LogP contribution in [0.15, 0.2) is 30.3 Å². The zero-order chi connectivity index (χ0) is 19.0. The molecule has 0 radical (unpaired) electrons. The van der Waals surface area contributed by atoms with Crippen LogP contribution in [-0.4, -0.2) is 29.9 Å². The summed E-state index contributed by atoms with van der Waals surface area (Å²) < 4.78 is 10.4. The Bertz CT molecular complexity index is 578. The largest absolute Gasteiger partial charge is 0.445 e. The van der Waals surface area contributed by atoms with E-state index in [-0.39, 0.29) is 18.7 Å². The van der Waals surface area contributed by atoms with E-state index < -0.39 is 17.8 Å². The van der Waals surface area contributed by atoms with Crippen LogP contribution in [0.1, 0.15) is 52.0 Å². The van der Waals surface area contributed by atoms with Gasteiger partial charge < -0.3 is 14.8 Å². The van der Waals surface area contributed by atoms with E-state index in [4.69, 9.17) is 9.47 Å². The van der Waals surface area contributed by atoms with Gasteiger partial charge in [0.2, 0.25) is 0 Å². The minimum Gasteiger partial charge on any atom is -0.445 e. The minimum atomic E-state index is -0.520. The predicted molar refractivity (Wildman–Crippen MR) is 98.3 cm³/mol. The van der Waals surface area contributed by atoms with Gasteiger partial charge in [-0.1, -0.05) is 30.3 Å². The molecule has 1 aromatic carbocycles. The molecule has 0 aromatic heterocycles. The number of alkyl carbamates (subject to hydrolysis) is 1. The van der Waals surface area contributed by atoms with E-state index in [1.807, 2.05) is 51.1 Å². The number of benzene rings is 1. The number of rotatable bonds is 5. The maximum atomic E-state index is 11.9. The lowest BCUT2D eigenvalue weighted by Gasteiger charge is -2.29. The highest BCUT2D eigenvalue weighted by molar-refractivity contribution is 5.67. The molecule has 26 heavy (non-hydrogen) atoms. The number of hydrogen-bond donors (Lipinski definition) is 3. The first-order valence-corrected chi connectivity index (χ1v) is 9.03. The van der Waals surface area contributed by atoms with Gasteiger partial charge in [-0.15, -0.1) is 0 Å². The second-order valence-corrected chi connectivity index (χ2v) is 7.53. The Balaban J connectivity index is 1.60. The van der Waals surface area contributed by atoms with Gasteiger partial charge in [0.05, 0.1) is 0 Å². The molecule has 1 aliphatic rings. The predicted octanol–water partition coefficient (Wildman–Crippen LogP) is 3.25. The van der Waals surface area contributed by atoms with E-state index in [1.165, 1.54) is 0 Å². The van der Waals surface area contributed by atoms with E-state index in [0.717, 1.165) is 31.2 Å². The highest BCUT2D eigenvalue weighted by Gasteiger charge is 2.24. The van der Waals surface area contributed by atoms with Crippen LogP contribution in [0.25, 0.3) is 0 Å². The third-order valence-electron chi connectivity index (χ3n) is 4.04. The summed E-state index contributed by atoms with van der Waals surface area (Å²) in [5, 5.41) is 2.90. The average molecular weight is 363 g/mol. The lowest BCUT2D eigenvalue weighted by molar-refractivity contribution is 0.0481. The lowest BCUT2D eigenvalue weighted by atomic mass is 9.92. The highest BCUT2D eigenvalue weighted by Crippen LogP contribution is 2.18. The Morgan fingerprint density at radius 1 is 1.00 bits per heavy atom. The van der Waals surface area contributed by atoms with Crippen molar-refractivity contribution < 1.29 is 19.1 Å². The SMILES string of the molecule is CC(C)(C)OC(=O)NN[C@H]1CC[C@H](NC(=O)OCc2ccccc2)CC1. The van der Waals surface area contributed by atoms with Gasteiger partial charge in [-0.2, -0.15) is 0 Å². The van der Waals surface area contributed by atoms with E-state index in [9.17, 15) is 9.59 Å². The number of hydrogen-bond acceptors (Lipinski definition) is 5. The first kappa shape index (κ1) is 20.0. The van der Waals surface area contributed by atoms with Crippen molar-refractivity contribution in [2.24, 2.45) is 0 Å². The molecule has 1 aliphatic carbocycles. The number of hydrazine groups is 1. The second-order valence-electron chi connectivity index (χ2n) is 7.53. The van der Waals surface area contributed by atoms with Crippen molar-refractivity contribution in [1.82, 2.24) is 16.2 Å². The van der Waals surface area contributed by atoms with Gasteiger partial charge in [-0.05, 0) is 52.0 Å². The molecule has 1 aromatic rings. The first-order chi connectivity index (χ1) is 12.3. The molecular formula is C19H29N3O4. The fourth-order valence-electron chi connectivity index (χ4n) is 2.78. The Morgan fingerprint density at radius 3 is 2.23 bits per heavy atom. The van der Waals surface area contributed by atoms with Gasteiger partial charge in [0.15, 0.2) is 0 Å². The summed E-state index contributed by atoms with van der Waals surface area (Å²) in [7, 11) is 0. The van der Waals surface area contributed by atoms with Crippen molar-refractivity contribution in [3.05, 3.63) is 35.9 Å². The zero-order valence-corrected chi connectivity index (χ0v) is 15.7. The molecule has 2 rings (SSSR count). The second kappa shape index (κ2) is 9.43. The Morgan fingerprint density at radius 2 is 1.62 bits per heavy atom. The molecule has 0 saturated heterocycles. The standard InChI is InChI=1S/C19H29N3O4/c1-19(2,3)26-18(24)22-21-16-11-9-15(10-12-16)20-17(23)25-13-14-7-5-4-6-8-14/h4-8,15-16,21H,9-13H2,1-3H3,(H,20,23)(H,22,24)/t15-,16-. The fourth-order valence-corrected chi connectivity index (χ4v) is 2.78. The van der Waals surface area contributed by atoms with Crippen LogP contribution in [0.2, 0.25) is 0 Å². The third-order valence-corrected chi connectivity index (χ3v) is 4.04. The van der Waals surface area contributed by atoms with E-state index in [1.54, 1.807) is 0 Å². The van der Waals surface area contributed by atoms with Crippen LogP contribution in [0, 0.1) is 0 Å². The molecule has 7 heteroatoms. The molecule has 3 N–H and O–H groups in total. The molecule has 0 bridgehead atoms. The number of carbonyl (C=O) groups is 2. The monoisotopic (exact) mass is 363 g/mol. The lowest BCUT2D eigenvalue weighted by Crippen LogP contribution is -2.49. The van der Waals surface area contributed by atoms with Gasteiger partial charge in [-0.3, -0.25) is 5.43 Å². The fraction of sp³-hybridized carbons (Fsp3) is 0.579. The molecule has 1 fully saturated rings. The molecule has 0 unspecified atom stereocenters. The Labute approximate surface area is 154 Å². The minimum absolute atomic E-state index is 0.0952. The molecule has 0 heterocycles. The molecule has 144 valence electrons. The smallest absolute Gasteiger partial charge is 0.422 e. The zero-order valence-electron chi connectivity index (χ0n) is 15.7. The summed E-state index contributed by atoms with van der Waals surface area (Å²) >= 11 is 0. The number of nitrogens with one attached hydrogen (secondary N) is 3. The molecule has 1 saturated carbocycles. The summed E-state index contributed by atoms with van der Waals surface area (Å²) in [6.07, 6.45) is 2.47. The maximum Gasteiger partial charge on any atom is 0.422 e. The number of carbonyl (C=O) groups excluding carboxylic acids is 2. The van der Waals surface area contributed by atoms with Crippen LogP contribution in [0.4, 0.5) is 9.59 Å². The van der Waals surface area contributed by atoms with Gasteiger partial charge in [-0.25, -0.2) is 15.0 Å². The summed E-state index contributed by atoms with van der Waals surface area (Å²) in [6, 6.07) is 9.85. The van der Waals surface area contributed by atoms with Gasteiger partial charge in [0.25, 0.3) is 0 Å². The van der Waals surface area contributed by atoms with Crippen LogP contribution >= 0.6 is 0 Å². The number of ether oxygens (including phenoxy) is 2. The van der Waals surface area contributed by atoms with Gasteiger partial charge in [0.1, 0.15) is 12.2 Å². The highest BCUT2D eigenvalue weighted by atomic mass is 16.6. The van der Waals surface area contributed by atoms with E-state index in [2.05, 4.69) is 16.2 Å².